The molecule has 1 aromatic heterocycles. The van der Waals surface area contributed by atoms with Gasteiger partial charge in [0.2, 0.25) is 0 Å². The number of nitrogens with zero attached hydrogens (tertiary/aromatic N) is 2. The minimum atomic E-state index is 0.609. The molecule has 0 amide bonds. The fraction of sp³-hybridized carbons (Fsp3) is 0.421. The maximum atomic E-state index is 6.03. The number of hydrogen-bond acceptors (Lipinski definition) is 1. The van der Waals surface area contributed by atoms with Gasteiger partial charge in [0.05, 0.1) is 5.69 Å². The van der Waals surface area contributed by atoms with Gasteiger partial charge in [0, 0.05) is 39.3 Å². The minimum absolute atomic E-state index is 0.609. The molecule has 0 saturated heterocycles. The Labute approximate surface area is 148 Å². The van der Waals surface area contributed by atoms with E-state index in [0.717, 1.165) is 5.69 Å². The van der Waals surface area contributed by atoms with Crippen LogP contribution in [0.15, 0.2) is 29.3 Å². The monoisotopic (exact) mass is 348 g/mol. The van der Waals surface area contributed by atoms with E-state index in [-0.39, 0.29) is 0 Å². The number of benzene rings is 1. The third kappa shape index (κ3) is 3.81. The molecule has 1 aromatic carbocycles. The molecule has 0 spiro atoms. The predicted molar refractivity (Wildman–Crippen MR) is 99.7 cm³/mol. The second-order valence-corrected chi connectivity index (χ2v) is 7.25. The average Bonchev–Trinajstić information content (AvgIpc) is 2.79. The first kappa shape index (κ1) is 16.6. The lowest BCUT2D eigenvalue weighted by Crippen LogP contribution is -2.15. The van der Waals surface area contributed by atoms with Crippen LogP contribution in [0.3, 0.4) is 0 Å². The van der Waals surface area contributed by atoms with Crippen LogP contribution in [0.5, 0.6) is 0 Å². The van der Waals surface area contributed by atoms with Gasteiger partial charge in [0.15, 0.2) is 0 Å². The molecule has 0 unspecified atom stereocenters. The molecule has 0 aliphatic heterocycles. The van der Waals surface area contributed by atoms with Crippen LogP contribution in [-0.4, -0.2) is 10.8 Å². The number of aryl methyl sites for hydroxylation is 1. The quantitative estimate of drug-likeness (QED) is 0.551. The van der Waals surface area contributed by atoms with Crippen LogP contribution in [0.25, 0.3) is 0 Å². The van der Waals surface area contributed by atoms with Crippen LogP contribution in [0.2, 0.25) is 10.0 Å². The SMILES string of the molecule is Cc1cc(C=Nc2cc(Cl)cc(Cl)c2)c(C)n1C1CCCCC1. The van der Waals surface area contributed by atoms with Crippen LogP contribution < -0.4 is 0 Å². The molecule has 0 atom stereocenters. The van der Waals surface area contributed by atoms with E-state index in [9.17, 15) is 0 Å². The van der Waals surface area contributed by atoms with E-state index in [1.165, 1.54) is 49.1 Å². The highest BCUT2D eigenvalue weighted by atomic mass is 35.5. The summed E-state index contributed by atoms with van der Waals surface area (Å²) in [4.78, 5) is 4.55. The Balaban J connectivity index is 1.87. The molecular formula is C19H22Cl2N2. The molecule has 1 fully saturated rings. The van der Waals surface area contributed by atoms with Gasteiger partial charge < -0.3 is 4.57 Å². The van der Waals surface area contributed by atoms with Crippen LogP contribution in [-0.2, 0) is 0 Å². The lowest BCUT2D eigenvalue weighted by Gasteiger charge is -2.26. The largest absolute Gasteiger partial charge is 0.345 e. The molecule has 3 rings (SSSR count). The van der Waals surface area contributed by atoms with Crippen molar-refractivity contribution in [2.45, 2.75) is 52.0 Å². The van der Waals surface area contributed by atoms with Crippen molar-refractivity contribution in [2.75, 3.05) is 0 Å². The Kier molecular flexibility index (Phi) is 5.13. The maximum Gasteiger partial charge on any atom is 0.0659 e. The first-order chi connectivity index (χ1) is 11.0. The fourth-order valence-electron chi connectivity index (χ4n) is 3.59. The van der Waals surface area contributed by atoms with Gasteiger partial charge in [-0.2, -0.15) is 0 Å². The smallest absolute Gasteiger partial charge is 0.0659 e. The van der Waals surface area contributed by atoms with Gasteiger partial charge in [-0.15, -0.1) is 0 Å². The Bertz CT molecular complexity index is 705. The Hall–Kier alpha value is -1.25. The molecule has 122 valence electrons. The summed E-state index contributed by atoms with van der Waals surface area (Å²) in [7, 11) is 0. The summed E-state index contributed by atoms with van der Waals surface area (Å²) in [6.07, 6.45) is 8.55. The predicted octanol–water partition coefficient (Wildman–Crippen LogP) is 6.67. The molecule has 0 bridgehead atoms. The molecule has 1 aliphatic rings. The number of rotatable bonds is 3. The van der Waals surface area contributed by atoms with Crippen LogP contribution >= 0.6 is 23.2 Å². The van der Waals surface area contributed by atoms with Crippen LogP contribution in [0, 0.1) is 13.8 Å². The summed E-state index contributed by atoms with van der Waals surface area (Å²) in [6.45, 7) is 4.38. The number of halogens is 2. The van der Waals surface area contributed by atoms with Crippen molar-refractivity contribution in [3.63, 3.8) is 0 Å². The first-order valence-electron chi connectivity index (χ1n) is 8.23. The van der Waals surface area contributed by atoms with E-state index >= 15 is 0 Å². The molecule has 1 aliphatic carbocycles. The van der Waals surface area contributed by atoms with E-state index in [1.54, 1.807) is 6.07 Å². The maximum absolute atomic E-state index is 6.03. The van der Waals surface area contributed by atoms with Gasteiger partial charge in [0.1, 0.15) is 0 Å². The van der Waals surface area contributed by atoms with Crippen molar-refractivity contribution in [2.24, 2.45) is 4.99 Å². The van der Waals surface area contributed by atoms with E-state index in [2.05, 4.69) is 29.5 Å². The molecule has 4 heteroatoms. The summed E-state index contributed by atoms with van der Waals surface area (Å²) in [5.74, 6) is 0. The molecule has 2 aromatic rings. The molecule has 0 radical (unpaired) electrons. The molecule has 23 heavy (non-hydrogen) atoms. The van der Waals surface area contributed by atoms with Gasteiger partial charge in [-0.25, -0.2) is 0 Å². The third-order valence-electron chi connectivity index (χ3n) is 4.66. The highest BCUT2D eigenvalue weighted by molar-refractivity contribution is 6.35. The van der Waals surface area contributed by atoms with Crippen molar-refractivity contribution in [1.29, 1.82) is 0 Å². The Morgan fingerprint density at radius 3 is 2.30 bits per heavy atom. The summed E-state index contributed by atoms with van der Waals surface area (Å²) in [5.41, 5.74) is 4.57. The highest BCUT2D eigenvalue weighted by Crippen LogP contribution is 2.32. The number of hydrogen-bond donors (Lipinski definition) is 0. The molecule has 1 heterocycles. The van der Waals surface area contributed by atoms with E-state index in [1.807, 2.05) is 18.3 Å². The summed E-state index contributed by atoms with van der Waals surface area (Å²) in [5, 5.41) is 1.22. The summed E-state index contributed by atoms with van der Waals surface area (Å²) in [6, 6.07) is 8.23. The van der Waals surface area contributed by atoms with Crippen molar-refractivity contribution >= 4 is 35.1 Å². The fourth-order valence-corrected chi connectivity index (χ4v) is 4.11. The molecule has 1 saturated carbocycles. The minimum Gasteiger partial charge on any atom is -0.345 e. The Morgan fingerprint density at radius 1 is 1.00 bits per heavy atom. The number of aromatic nitrogens is 1. The first-order valence-corrected chi connectivity index (χ1v) is 8.99. The molecule has 0 N–H and O–H groups in total. The van der Waals surface area contributed by atoms with Crippen molar-refractivity contribution in [3.8, 4) is 0 Å². The third-order valence-corrected chi connectivity index (χ3v) is 5.10. The topological polar surface area (TPSA) is 17.3 Å². The van der Waals surface area contributed by atoms with Crippen molar-refractivity contribution in [3.05, 3.63) is 51.3 Å². The molecular weight excluding hydrogens is 327 g/mol. The Morgan fingerprint density at radius 2 is 1.65 bits per heavy atom. The molecule has 2 nitrogen and oxygen atoms in total. The second-order valence-electron chi connectivity index (χ2n) is 6.37. The van der Waals surface area contributed by atoms with Crippen molar-refractivity contribution in [1.82, 2.24) is 4.57 Å². The second kappa shape index (κ2) is 7.11. The normalized spacial score (nSPS) is 16.3. The van der Waals surface area contributed by atoms with E-state index < -0.39 is 0 Å². The highest BCUT2D eigenvalue weighted by Gasteiger charge is 2.19. The van der Waals surface area contributed by atoms with Gasteiger partial charge in [-0.1, -0.05) is 42.5 Å². The zero-order valence-corrected chi connectivity index (χ0v) is 15.2. The van der Waals surface area contributed by atoms with E-state index in [0.29, 0.717) is 16.1 Å². The van der Waals surface area contributed by atoms with Gasteiger partial charge in [0.25, 0.3) is 0 Å². The van der Waals surface area contributed by atoms with Crippen molar-refractivity contribution < 1.29 is 0 Å². The summed E-state index contributed by atoms with van der Waals surface area (Å²) >= 11 is 12.1. The van der Waals surface area contributed by atoms with Gasteiger partial charge in [-0.3, -0.25) is 4.99 Å². The standard InChI is InChI=1S/C19H22Cl2N2/c1-13-8-15(12-22-18-10-16(20)9-17(21)11-18)14(2)23(13)19-6-4-3-5-7-19/h8-12,19H,3-7H2,1-2H3. The van der Waals surface area contributed by atoms with Crippen LogP contribution in [0.1, 0.15) is 55.1 Å². The van der Waals surface area contributed by atoms with Crippen LogP contribution in [0.4, 0.5) is 5.69 Å². The zero-order chi connectivity index (χ0) is 16.4. The van der Waals surface area contributed by atoms with E-state index in [4.69, 9.17) is 23.2 Å². The lowest BCUT2D eigenvalue weighted by atomic mass is 9.95. The average molecular weight is 349 g/mol. The van der Waals surface area contributed by atoms with Gasteiger partial charge >= 0.3 is 0 Å². The zero-order valence-electron chi connectivity index (χ0n) is 13.6. The number of aliphatic imine (C=N–C) groups is 1. The summed E-state index contributed by atoms with van der Waals surface area (Å²) < 4.78 is 2.49. The lowest BCUT2D eigenvalue weighted by molar-refractivity contribution is 0.346. The van der Waals surface area contributed by atoms with Gasteiger partial charge in [-0.05, 0) is 51.0 Å².